The van der Waals surface area contributed by atoms with E-state index in [0.717, 1.165) is 0 Å². The lowest BCUT2D eigenvalue weighted by Crippen LogP contribution is -2.67. The Labute approximate surface area is 124 Å². The number of carbonyl (C=O) groups excluding carboxylic acids is 1. The van der Waals surface area contributed by atoms with Gasteiger partial charge in [0.25, 0.3) is 5.79 Å². The van der Waals surface area contributed by atoms with Gasteiger partial charge in [0.05, 0.1) is 18.8 Å². The first-order valence-corrected chi connectivity index (χ1v) is 6.35. The molecule has 11 nitrogen and oxygen atoms in total. The van der Waals surface area contributed by atoms with Crippen LogP contribution in [-0.2, 0) is 14.3 Å². The van der Waals surface area contributed by atoms with E-state index in [-0.39, 0.29) is 0 Å². The number of aliphatic hydroxyl groups excluding tert-OH is 5. The monoisotopic (exact) mass is 325 g/mol. The highest BCUT2D eigenvalue weighted by Crippen LogP contribution is 2.30. The number of carbonyl (C=O) groups is 2. The normalized spacial score (nSPS) is 34.7. The lowest BCUT2D eigenvalue weighted by atomic mass is 9.88. The second kappa shape index (κ2) is 7.28. The van der Waals surface area contributed by atoms with E-state index < -0.39 is 67.8 Å². The van der Waals surface area contributed by atoms with Crippen molar-refractivity contribution in [2.24, 2.45) is 0 Å². The molecule has 1 aliphatic rings. The van der Waals surface area contributed by atoms with Crippen molar-refractivity contribution in [1.29, 1.82) is 0 Å². The molecule has 1 aliphatic heterocycles. The van der Waals surface area contributed by atoms with Crippen LogP contribution in [0, 0.1) is 0 Å². The summed E-state index contributed by atoms with van der Waals surface area (Å²) in [6, 6.07) is -1.42. The standard InChI is InChI=1S/C11H19NO10/c13-2-5(16)8(18)9-7(12-6(17)3-14)4(15)1-11(21,22-9)10(19)20/h4-5,7-9,13-16,18,21H,1-3H2,(H,12,17)(H,19,20)/t4?,5-,7?,8-,9?,11?/m0/s1. The SMILES string of the molecule is O=C(CO)NC1C(O)CC(O)(C(=O)O)OC1[C@@H](O)[C@@H](O)CO. The quantitative estimate of drug-likeness (QED) is 0.234. The number of hydrogen-bond donors (Lipinski definition) is 8. The number of rotatable bonds is 6. The molecule has 0 bridgehead atoms. The van der Waals surface area contributed by atoms with E-state index in [2.05, 4.69) is 5.32 Å². The van der Waals surface area contributed by atoms with E-state index in [4.69, 9.17) is 20.1 Å². The molecule has 22 heavy (non-hydrogen) atoms. The fraction of sp³-hybridized carbons (Fsp3) is 0.818. The highest BCUT2D eigenvalue weighted by molar-refractivity contribution is 5.78. The summed E-state index contributed by atoms with van der Waals surface area (Å²) in [5.74, 6) is -5.64. The molecule has 8 N–H and O–H groups in total. The molecule has 0 saturated carbocycles. The highest BCUT2D eigenvalue weighted by Gasteiger charge is 2.53. The molecule has 1 fully saturated rings. The maximum Gasteiger partial charge on any atom is 0.364 e. The van der Waals surface area contributed by atoms with Gasteiger partial charge in [-0.3, -0.25) is 4.79 Å². The Hall–Kier alpha value is -1.34. The van der Waals surface area contributed by atoms with Crippen LogP contribution >= 0.6 is 0 Å². The number of amides is 1. The van der Waals surface area contributed by atoms with Crippen LogP contribution in [0.4, 0.5) is 0 Å². The van der Waals surface area contributed by atoms with Gasteiger partial charge in [-0.2, -0.15) is 0 Å². The topological polar surface area (TPSA) is 197 Å². The van der Waals surface area contributed by atoms with Crippen molar-refractivity contribution in [3.05, 3.63) is 0 Å². The molecule has 1 amide bonds. The Morgan fingerprint density at radius 3 is 2.36 bits per heavy atom. The molecule has 0 radical (unpaired) electrons. The van der Waals surface area contributed by atoms with Crippen LogP contribution < -0.4 is 5.32 Å². The number of ether oxygens (including phenoxy) is 1. The van der Waals surface area contributed by atoms with Crippen LogP contribution in [0.2, 0.25) is 0 Å². The lowest BCUT2D eigenvalue weighted by Gasteiger charge is -2.44. The summed E-state index contributed by atoms with van der Waals surface area (Å²) in [7, 11) is 0. The first-order chi connectivity index (χ1) is 10.2. The van der Waals surface area contributed by atoms with Gasteiger partial charge in [0.1, 0.15) is 24.9 Å². The maximum absolute atomic E-state index is 11.2. The van der Waals surface area contributed by atoms with E-state index in [9.17, 15) is 30.0 Å². The van der Waals surface area contributed by atoms with Crippen LogP contribution in [0.15, 0.2) is 0 Å². The Morgan fingerprint density at radius 1 is 1.32 bits per heavy atom. The molecule has 1 saturated heterocycles. The van der Waals surface area contributed by atoms with E-state index in [1.54, 1.807) is 0 Å². The Bertz CT molecular complexity index is 418. The minimum Gasteiger partial charge on any atom is -0.477 e. The van der Waals surface area contributed by atoms with Gasteiger partial charge in [0.15, 0.2) is 0 Å². The number of carboxylic acids is 1. The summed E-state index contributed by atoms with van der Waals surface area (Å²) < 4.78 is 4.83. The molecule has 1 heterocycles. The van der Waals surface area contributed by atoms with Crippen LogP contribution in [-0.4, -0.2) is 97.1 Å². The third-order valence-electron chi connectivity index (χ3n) is 3.31. The van der Waals surface area contributed by atoms with Gasteiger partial charge >= 0.3 is 5.97 Å². The molecule has 6 atom stereocenters. The molecular formula is C11H19NO10. The van der Waals surface area contributed by atoms with Gasteiger partial charge in [-0.1, -0.05) is 0 Å². The molecular weight excluding hydrogens is 306 g/mol. The first kappa shape index (κ1) is 18.7. The second-order valence-corrected chi connectivity index (χ2v) is 4.94. The zero-order chi connectivity index (χ0) is 17.1. The van der Waals surface area contributed by atoms with Crippen molar-refractivity contribution in [1.82, 2.24) is 5.32 Å². The van der Waals surface area contributed by atoms with Gasteiger partial charge in [-0.25, -0.2) is 4.79 Å². The Kier molecular flexibility index (Phi) is 6.19. The second-order valence-electron chi connectivity index (χ2n) is 4.94. The van der Waals surface area contributed by atoms with Gasteiger partial charge in [0.2, 0.25) is 5.91 Å². The smallest absolute Gasteiger partial charge is 0.364 e. The summed E-state index contributed by atoms with van der Waals surface area (Å²) in [6.07, 6.45) is -7.92. The van der Waals surface area contributed by atoms with Crippen molar-refractivity contribution in [3.8, 4) is 0 Å². The molecule has 0 spiro atoms. The summed E-state index contributed by atoms with van der Waals surface area (Å²) >= 11 is 0. The van der Waals surface area contributed by atoms with Crippen molar-refractivity contribution < 1.29 is 50.1 Å². The zero-order valence-corrected chi connectivity index (χ0v) is 11.4. The van der Waals surface area contributed by atoms with Gasteiger partial charge in [0, 0.05) is 6.42 Å². The van der Waals surface area contributed by atoms with E-state index in [1.807, 2.05) is 0 Å². The minimum absolute atomic E-state index is 0.822. The zero-order valence-electron chi connectivity index (χ0n) is 11.4. The fourth-order valence-electron chi connectivity index (χ4n) is 2.13. The molecule has 11 heteroatoms. The molecule has 0 aromatic rings. The molecule has 1 rings (SSSR count). The molecule has 0 aliphatic carbocycles. The number of aliphatic carboxylic acids is 1. The van der Waals surface area contributed by atoms with Gasteiger partial charge in [-0.15, -0.1) is 0 Å². The third-order valence-corrected chi connectivity index (χ3v) is 3.31. The van der Waals surface area contributed by atoms with Crippen LogP contribution in [0.5, 0.6) is 0 Å². The van der Waals surface area contributed by atoms with Crippen LogP contribution in [0.1, 0.15) is 6.42 Å². The summed E-state index contributed by atoms with van der Waals surface area (Å²) in [6.45, 7) is -1.86. The number of hydrogen-bond acceptors (Lipinski definition) is 9. The molecule has 0 aromatic carbocycles. The largest absolute Gasteiger partial charge is 0.477 e. The van der Waals surface area contributed by atoms with Crippen LogP contribution in [0.3, 0.4) is 0 Å². The predicted octanol–water partition coefficient (Wildman–Crippen LogP) is -4.90. The Balaban J connectivity index is 3.07. The third kappa shape index (κ3) is 3.89. The molecule has 4 unspecified atom stereocenters. The summed E-state index contributed by atoms with van der Waals surface area (Å²) in [5.41, 5.74) is 0. The van der Waals surface area contributed by atoms with Crippen molar-refractivity contribution in [2.45, 2.75) is 42.7 Å². The maximum atomic E-state index is 11.2. The summed E-state index contributed by atoms with van der Waals surface area (Å²) in [5, 5.41) is 67.5. The first-order valence-electron chi connectivity index (χ1n) is 6.35. The Morgan fingerprint density at radius 2 is 1.91 bits per heavy atom. The summed E-state index contributed by atoms with van der Waals surface area (Å²) in [4.78, 5) is 22.2. The van der Waals surface area contributed by atoms with Gasteiger partial charge < -0.3 is 45.8 Å². The van der Waals surface area contributed by atoms with Crippen molar-refractivity contribution >= 4 is 11.9 Å². The minimum atomic E-state index is -2.85. The highest BCUT2D eigenvalue weighted by atomic mass is 16.7. The van der Waals surface area contributed by atoms with E-state index >= 15 is 0 Å². The molecule has 0 aromatic heterocycles. The predicted molar refractivity (Wildman–Crippen MR) is 66.2 cm³/mol. The van der Waals surface area contributed by atoms with E-state index in [0.29, 0.717) is 0 Å². The van der Waals surface area contributed by atoms with Gasteiger partial charge in [-0.05, 0) is 0 Å². The lowest BCUT2D eigenvalue weighted by molar-refractivity contribution is -0.295. The van der Waals surface area contributed by atoms with E-state index in [1.165, 1.54) is 0 Å². The average molecular weight is 325 g/mol. The molecule has 128 valence electrons. The number of nitrogens with one attached hydrogen (secondary N) is 1. The number of carboxylic acid groups (broad SMARTS) is 1. The average Bonchev–Trinajstić information content (AvgIpc) is 2.47. The fourth-order valence-corrected chi connectivity index (χ4v) is 2.13. The van der Waals surface area contributed by atoms with Crippen LogP contribution in [0.25, 0.3) is 0 Å². The van der Waals surface area contributed by atoms with Crippen molar-refractivity contribution in [2.75, 3.05) is 13.2 Å². The number of aliphatic hydroxyl groups is 6. The van der Waals surface area contributed by atoms with Crippen molar-refractivity contribution in [3.63, 3.8) is 0 Å².